The van der Waals surface area contributed by atoms with Gasteiger partial charge in [-0.2, -0.15) is 0 Å². The highest BCUT2D eigenvalue weighted by Crippen LogP contribution is 2.41. The molecule has 1 fully saturated rings. The summed E-state index contributed by atoms with van der Waals surface area (Å²) < 4.78 is 36.0. The molecule has 1 aliphatic carbocycles. The van der Waals surface area contributed by atoms with Gasteiger partial charge in [-0.15, -0.1) is 0 Å². The number of carbonyl (C=O) groups excluding carboxylic acids is 2. The van der Waals surface area contributed by atoms with E-state index in [1.807, 2.05) is 19.1 Å². The number of ether oxygens (including phenoxy) is 2. The Bertz CT molecular complexity index is 1430. The molecule has 10 nitrogen and oxygen atoms in total. The van der Waals surface area contributed by atoms with E-state index in [1.54, 1.807) is 25.3 Å². The van der Waals surface area contributed by atoms with Gasteiger partial charge in [-0.25, -0.2) is 23.5 Å². The van der Waals surface area contributed by atoms with Crippen molar-refractivity contribution in [1.29, 1.82) is 0 Å². The zero-order valence-corrected chi connectivity index (χ0v) is 24.5. The van der Waals surface area contributed by atoms with Crippen LogP contribution < -0.4 is 5.32 Å². The molecular weight excluding hydrogens is 562 g/mol. The molecule has 0 radical (unpaired) electrons. The van der Waals surface area contributed by atoms with Crippen LogP contribution in [-0.4, -0.2) is 49.5 Å². The summed E-state index contributed by atoms with van der Waals surface area (Å²) >= 11 is 0. The molecular formula is C31H36F2N4O6. The number of aryl methyl sites for hydroxylation is 1. The van der Waals surface area contributed by atoms with Gasteiger partial charge in [0.25, 0.3) is 6.43 Å². The predicted octanol–water partition coefficient (Wildman–Crippen LogP) is 5.36. The number of aliphatic hydroxyl groups is 2. The average molecular weight is 599 g/mol. The van der Waals surface area contributed by atoms with E-state index >= 15 is 0 Å². The van der Waals surface area contributed by atoms with Gasteiger partial charge in [-0.1, -0.05) is 0 Å². The van der Waals surface area contributed by atoms with Crippen LogP contribution in [0.4, 0.5) is 20.4 Å². The quantitative estimate of drug-likeness (QED) is 0.206. The summed E-state index contributed by atoms with van der Waals surface area (Å²) in [4.78, 5) is 37.3. The molecule has 3 N–H and O–H groups in total. The van der Waals surface area contributed by atoms with E-state index in [-0.39, 0.29) is 23.2 Å². The predicted molar refractivity (Wildman–Crippen MR) is 153 cm³/mol. The molecule has 0 spiro atoms. The Balaban J connectivity index is 1.37. The summed E-state index contributed by atoms with van der Waals surface area (Å²) in [5.41, 5.74) is -0.375. The molecule has 0 aliphatic heterocycles. The summed E-state index contributed by atoms with van der Waals surface area (Å²) in [5, 5.41) is 24.0. The highest BCUT2D eigenvalue weighted by Gasteiger charge is 2.39. The van der Waals surface area contributed by atoms with Crippen molar-refractivity contribution in [2.24, 2.45) is 11.8 Å². The molecule has 1 saturated carbocycles. The minimum absolute atomic E-state index is 0.142. The molecule has 0 bridgehead atoms. The van der Waals surface area contributed by atoms with Gasteiger partial charge >= 0.3 is 11.9 Å². The minimum atomic E-state index is -2.61. The maximum Gasteiger partial charge on any atom is 0.340 e. The van der Waals surface area contributed by atoms with E-state index in [1.165, 1.54) is 32.2 Å². The number of carbonyl (C=O) groups is 2. The van der Waals surface area contributed by atoms with Crippen LogP contribution in [-0.2, 0) is 24.7 Å². The topological polar surface area (TPSA) is 144 Å². The largest absolute Gasteiger partial charge is 0.428 e. The lowest BCUT2D eigenvalue weighted by atomic mass is 9.73. The molecule has 43 heavy (non-hydrogen) atoms. The van der Waals surface area contributed by atoms with Crippen LogP contribution in [0.1, 0.15) is 69.7 Å². The van der Waals surface area contributed by atoms with Crippen LogP contribution in [0.5, 0.6) is 0 Å². The second-order valence-electron chi connectivity index (χ2n) is 11.5. The average Bonchev–Trinajstić information content (AvgIpc) is 2.96. The van der Waals surface area contributed by atoms with Crippen molar-refractivity contribution in [3.63, 3.8) is 0 Å². The van der Waals surface area contributed by atoms with E-state index in [9.17, 15) is 28.6 Å². The van der Waals surface area contributed by atoms with E-state index in [0.717, 1.165) is 5.56 Å². The number of aromatic nitrogens is 3. The molecule has 0 unspecified atom stereocenters. The molecule has 3 heterocycles. The minimum Gasteiger partial charge on any atom is -0.428 e. The number of halogens is 2. The zero-order valence-electron chi connectivity index (χ0n) is 24.5. The number of hydrogen-bond acceptors (Lipinski definition) is 10. The number of pyridine rings is 3. The van der Waals surface area contributed by atoms with Crippen LogP contribution in [0.2, 0.25) is 0 Å². The van der Waals surface area contributed by atoms with Crippen LogP contribution in [0.25, 0.3) is 11.3 Å². The smallest absolute Gasteiger partial charge is 0.340 e. The number of rotatable bonds is 10. The van der Waals surface area contributed by atoms with E-state index in [4.69, 9.17) is 9.47 Å². The maximum atomic E-state index is 13.1. The molecule has 0 amide bonds. The van der Waals surface area contributed by atoms with Crippen LogP contribution in [0.3, 0.4) is 0 Å². The second kappa shape index (κ2) is 13.1. The summed E-state index contributed by atoms with van der Waals surface area (Å²) in [6, 6.07) is 9.75. The number of hydrogen-bond donors (Lipinski definition) is 3. The summed E-state index contributed by atoms with van der Waals surface area (Å²) in [5.74, 6) is -1.21. The number of alkyl halides is 2. The third kappa shape index (κ3) is 8.08. The molecule has 1 aliphatic rings. The maximum absolute atomic E-state index is 13.1. The first-order valence-electron chi connectivity index (χ1n) is 14.0. The van der Waals surface area contributed by atoms with Gasteiger partial charge in [0.1, 0.15) is 17.2 Å². The van der Waals surface area contributed by atoms with Gasteiger partial charge < -0.3 is 25.0 Å². The van der Waals surface area contributed by atoms with Gasteiger partial charge in [-0.3, -0.25) is 9.78 Å². The molecule has 0 aromatic carbocycles. The Kier molecular flexibility index (Phi) is 9.71. The van der Waals surface area contributed by atoms with Gasteiger partial charge in [0, 0.05) is 23.5 Å². The van der Waals surface area contributed by atoms with Crippen molar-refractivity contribution >= 4 is 23.6 Å². The number of anilines is 2. The molecule has 3 aromatic rings. The lowest BCUT2D eigenvalue weighted by molar-refractivity contribution is -0.182. The van der Waals surface area contributed by atoms with Crippen molar-refractivity contribution in [1.82, 2.24) is 15.0 Å². The van der Waals surface area contributed by atoms with Gasteiger partial charge in [0.2, 0.25) is 6.79 Å². The Morgan fingerprint density at radius 1 is 1.00 bits per heavy atom. The second-order valence-corrected chi connectivity index (χ2v) is 11.5. The van der Waals surface area contributed by atoms with E-state index in [0.29, 0.717) is 48.5 Å². The molecule has 4 rings (SSSR count). The lowest BCUT2D eigenvalue weighted by Gasteiger charge is -2.37. The highest BCUT2D eigenvalue weighted by molar-refractivity contribution is 5.78. The third-order valence-electron chi connectivity index (χ3n) is 7.59. The van der Waals surface area contributed by atoms with E-state index in [2.05, 4.69) is 20.3 Å². The van der Waals surface area contributed by atoms with Crippen LogP contribution >= 0.6 is 0 Å². The molecule has 0 saturated heterocycles. The fraction of sp³-hybridized carbons (Fsp3) is 0.452. The summed E-state index contributed by atoms with van der Waals surface area (Å²) in [6.07, 6.45) is 2.45. The van der Waals surface area contributed by atoms with E-state index < -0.39 is 36.4 Å². The fourth-order valence-electron chi connectivity index (χ4n) is 5.04. The highest BCUT2D eigenvalue weighted by atomic mass is 19.3. The number of nitrogens with one attached hydrogen (secondary N) is 1. The molecule has 3 aromatic heterocycles. The standard InChI is InChI=1S/C31H36F2N4O6/c1-18-13-23(36-26(14-18)37-25-15-20(27(32)33)11-12-34-25)21-7-10-24(35-16-21)31(4,41)22-8-5-19(6-9-22)28(38)42-17-43-29(39)30(2,3)40/h7,10-16,19,22,27,40-41H,5-6,8-9,17H2,1-4H3,(H,34,36,37)/t19?,22?,31-/m1/s1. The fourth-order valence-corrected chi connectivity index (χ4v) is 5.04. The van der Waals surface area contributed by atoms with Crippen LogP contribution in [0.15, 0.2) is 48.8 Å². The number of nitrogens with zero attached hydrogens (tertiary/aromatic N) is 3. The van der Waals surface area contributed by atoms with Gasteiger partial charge in [0.15, 0.2) is 5.60 Å². The van der Waals surface area contributed by atoms with Crippen LogP contribution in [0, 0.1) is 18.8 Å². The van der Waals surface area contributed by atoms with Crippen molar-refractivity contribution in [2.75, 3.05) is 12.1 Å². The molecule has 230 valence electrons. The normalized spacial score (nSPS) is 18.5. The van der Waals surface area contributed by atoms with Crippen molar-refractivity contribution in [3.8, 4) is 11.3 Å². The molecule has 1 atom stereocenters. The van der Waals surface area contributed by atoms with Crippen molar-refractivity contribution in [3.05, 3.63) is 65.6 Å². The third-order valence-corrected chi connectivity index (χ3v) is 7.59. The summed E-state index contributed by atoms with van der Waals surface area (Å²) in [6.45, 7) is 5.59. The monoisotopic (exact) mass is 598 g/mol. The van der Waals surface area contributed by atoms with Gasteiger partial charge in [0.05, 0.1) is 17.3 Å². The SMILES string of the molecule is Cc1cc(Nc2cc(C(F)F)ccn2)nc(-c2ccc([C@](C)(O)C3CCC(C(=O)OCOC(=O)C(C)(C)O)CC3)nc2)c1. The van der Waals surface area contributed by atoms with Crippen molar-refractivity contribution < 1.29 is 38.1 Å². The first-order valence-corrected chi connectivity index (χ1v) is 14.0. The Morgan fingerprint density at radius 2 is 1.72 bits per heavy atom. The lowest BCUT2D eigenvalue weighted by Crippen LogP contribution is -2.37. The molecule has 12 heteroatoms. The Hall–Kier alpha value is -4.03. The number of esters is 2. The Morgan fingerprint density at radius 3 is 2.35 bits per heavy atom. The first kappa shape index (κ1) is 31.9. The van der Waals surface area contributed by atoms with Gasteiger partial charge in [-0.05, 0) is 101 Å². The zero-order chi connectivity index (χ0) is 31.4. The van der Waals surface area contributed by atoms with Crippen molar-refractivity contribution in [2.45, 2.75) is 71.0 Å². The Labute approximate surface area is 248 Å². The summed E-state index contributed by atoms with van der Waals surface area (Å²) in [7, 11) is 0. The first-order chi connectivity index (χ1) is 20.2.